The van der Waals surface area contributed by atoms with E-state index in [2.05, 4.69) is 15.2 Å². The molecule has 3 aromatic rings. The fraction of sp³-hybridized carbons (Fsp3) is 0.393. The highest BCUT2D eigenvalue weighted by molar-refractivity contribution is 6.07. The van der Waals surface area contributed by atoms with E-state index in [9.17, 15) is 9.59 Å². The van der Waals surface area contributed by atoms with E-state index in [4.69, 9.17) is 4.74 Å². The second-order valence-electron chi connectivity index (χ2n) is 9.93. The zero-order valence-corrected chi connectivity index (χ0v) is 20.6. The molecular formula is C28H32N4O3. The molecule has 2 aromatic carbocycles. The first-order chi connectivity index (χ1) is 16.8. The Balaban J connectivity index is 1.11. The van der Waals surface area contributed by atoms with Gasteiger partial charge in [-0.15, -0.1) is 0 Å². The van der Waals surface area contributed by atoms with Gasteiger partial charge in [-0.25, -0.2) is 4.98 Å². The molecule has 7 heteroatoms. The van der Waals surface area contributed by atoms with Crippen LogP contribution in [0.1, 0.15) is 41.9 Å². The van der Waals surface area contributed by atoms with Gasteiger partial charge in [-0.1, -0.05) is 30.3 Å². The molecule has 7 nitrogen and oxygen atoms in total. The first kappa shape index (κ1) is 23.3. The van der Waals surface area contributed by atoms with E-state index in [0.29, 0.717) is 25.4 Å². The molecule has 0 spiro atoms. The summed E-state index contributed by atoms with van der Waals surface area (Å²) in [5.74, 6) is 0.794. The van der Waals surface area contributed by atoms with E-state index >= 15 is 0 Å². The largest absolute Gasteiger partial charge is 0.493 e. The summed E-state index contributed by atoms with van der Waals surface area (Å²) in [6.07, 6.45) is 0.880. The van der Waals surface area contributed by atoms with Crippen LogP contribution in [0.3, 0.4) is 0 Å². The van der Waals surface area contributed by atoms with Crippen molar-refractivity contribution in [2.75, 3.05) is 44.6 Å². The molecule has 1 aromatic heterocycles. The molecule has 0 radical (unpaired) electrons. The zero-order valence-electron chi connectivity index (χ0n) is 20.6. The number of aryl methyl sites for hydroxylation is 1. The van der Waals surface area contributed by atoms with Crippen LogP contribution in [0.2, 0.25) is 0 Å². The van der Waals surface area contributed by atoms with Gasteiger partial charge in [0, 0.05) is 43.7 Å². The molecule has 0 aliphatic carbocycles. The van der Waals surface area contributed by atoms with Crippen LogP contribution in [-0.4, -0.2) is 65.9 Å². The lowest BCUT2D eigenvalue weighted by Gasteiger charge is -2.34. The number of carbonyl (C=O) groups excluding carboxylic acids is 2. The van der Waals surface area contributed by atoms with Crippen molar-refractivity contribution in [3.05, 3.63) is 65.4 Å². The Morgan fingerprint density at radius 1 is 1.06 bits per heavy atom. The molecular weight excluding hydrogens is 440 g/mol. The summed E-state index contributed by atoms with van der Waals surface area (Å²) in [6, 6.07) is 15.6. The molecule has 1 saturated heterocycles. The van der Waals surface area contributed by atoms with Crippen LogP contribution in [0.15, 0.2) is 48.5 Å². The van der Waals surface area contributed by atoms with Gasteiger partial charge in [0.05, 0.1) is 23.2 Å². The number of rotatable bonds is 6. The van der Waals surface area contributed by atoms with Gasteiger partial charge in [0.1, 0.15) is 11.4 Å². The minimum absolute atomic E-state index is 0.00210. The summed E-state index contributed by atoms with van der Waals surface area (Å²) in [5.41, 5.74) is 3.65. The quantitative estimate of drug-likeness (QED) is 0.549. The Kier molecular flexibility index (Phi) is 6.19. The normalized spacial score (nSPS) is 17.3. The predicted octanol–water partition coefficient (Wildman–Crippen LogP) is 4.00. The van der Waals surface area contributed by atoms with Gasteiger partial charge < -0.3 is 15.0 Å². The van der Waals surface area contributed by atoms with E-state index in [1.807, 2.05) is 74.2 Å². The number of para-hydroxylation sites is 1. The number of carbonyl (C=O) groups is 2. The fourth-order valence-corrected chi connectivity index (χ4v) is 4.96. The second kappa shape index (κ2) is 9.30. The van der Waals surface area contributed by atoms with Gasteiger partial charge in [-0.05, 0) is 51.0 Å². The summed E-state index contributed by atoms with van der Waals surface area (Å²) in [7, 11) is 0. The molecule has 2 aliphatic rings. The molecule has 0 saturated carbocycles. The van der Waals surface area contributed by atoms with Crippen molar-refractivity contribution in [1.29, 1.82) is 0 Å². The summed E-state index contributed by atoms with van der Waals surface area (Å²) in [6.45, 7) is 10.4. The fourth-order valence-electron chi connectivity index (χ4n) is 4.96. The number of hydrogen-bond acceptors (Lipinski definition) is 5. The number of ether oxygens (including phenoxy) is 1. The Hall–Kier alpha value is -3.45. The van der Waals surface area contributed by atoms with E-state index in [-0.39, 0.29) is 11.8 Å². The maximum Gasteiger partial charge on any atom is 0.272 e. The number of piperazine rings is 1. The Labute approximate surface area is 206 Å². The Bertz CT molecular complexity index is 1280. The van der Waals surface area contributed by atoms with Crippen LogP contribution >= 0.6 is 0 Å². The van der Waals surface area contributed by atoms with Crippen LogP contribution in [0, 0.1) is 6.92 Å². The van der Waals surface area contributed by atoms with E-state index in [1.54, 1.807) is 0 Å². The van der Waals surface area contributed by atoms with Gasteiger partial charge in [0.25, 0.3) is 5.91 Å². The molecule has 182 valence electrons. The molecule has 3 heterocycles. The molecule has 0 bridgehead atoms. The SMILES string of the molecule is Cc1ccc(OCCCN2CCN(C(=O)c3ccc4ccccc4n3)CC2)c2c1NC(=O)C2(C)C. The number of hydrogen-bond donors (Lipinski definition) is 1. The van der Waals surface area contributed by atoms with Crippen molar-refractivity contribution in [3.63, 3.8) is 0 Å². The number of aromatic nitrogens is 1. The van der Waals surface area contributed by atoms with E-state index < -0.39 is 5.41 Å². The topological polar surface area (TPSA) is 74.8 Å². The maximum absolute atomic E-state index is 13.0. The highest BCUT2D eigenvalue weighted by Crippen LogP contribution is 2.45. The maximum atomic E-state index is 13.0. The number of pyridine rings is 1. The van der Waals surface area contributed by atoms with Crippen LogP contribution in [0.5, 0.6) is 5.75 Å². The van der Waals surface area contributed by atoms with Gasteiger partial charge in [-0.3, -0.25) is 14.5 Å². The standard InChI is InChI=1S/C28H32N4O3/c1-19-9-12-23(24-25(19)30-27(34)28(24,2)3)35-18-6-13-31-14-16-32(17-15-31)26(33)22-11-10-20-7-4-5-8-21(20)29-22/h4-5,7-12H,6,13-18H2,1-3H3,(H,30,34). The number of benzene rings is 2. The van der Waals surface area contributed by atoms with Crippen molar-refractivity contribution < 1.29 is 14.3 Å². The second-order valence-corrected chi connectivity index (χ2v) is 9.93. The lowest BCUT2D eigenvalue weighted by molar-refractivity contribution is -0.119. The summed E-state index contributed by atoms with van der Waals surface area (Å²) < 4.78 is 6.14. The average molecular weight is 473 g/mol. The number of anilines is 1. The molecule has 5 rings (SSSR count). The van der Waals surface area contributed by atoms with Crippen LogP contribution in [0.25, 0.3) is 10.9 Å². The third kappa shape index (κ3) is 4.48. The van der Waals surface area contributed by atoms with Crippen LogP contribution in [-0.2, 0) is 10.2 Å². The smallest absolute Gasteiger partial charge is 0.272 e. The van der Waals surface area contributed by atoms with E-state index in [0.717, 1.165) is 59.5 Å². The molecule has 1 fully saturated rings. The third-order valence-electron chi connectivity index (χ3n) is 7.16. The van der Waals surface area contributed by atoms with E-state index in [1.165, 1.54) is 0 Å². The predicted molar refractivity (Wildman–Crippen MR) is 137 cm³/mol. The summed E-state index contributed by atoms with van der Waals surface area (Å²) >= 11 is 0. The number of nitrogens with one attached hydrogen (secondary N) is 1. The minimum atomic E-state index is -0.598. The number of nitrogens with zero attached hydrogens (tertiary/aromatic N) is 3. The highest BCUT2D eigenvalue weighted by atomic mass is 16.5. The van der Waals surface area contributed by atoms with Gasteiger partial charge in [0.2, 0.25) is 5.91 Å². The Morgan fingerprint density at radius 2 is 1.83 bits per heavy atom. The lowest BCUT2D eigenvalue weighted by atomic mass is 9.85. The summed E-state index contributed by atoms with van der Waals surface area (Å²) in [5, 5.41) is 4.05. The van der Waals surface area contributed by atoms with Gasteiger partial charge in [0.15, 0.2) is 0 Å². The molecule has 2 amide bonds. The number of fused-ring (bicyclic) bond motifs is 2. The van der Waals surface area contributed by atoms with Crippen LogP contribution in [0.4, 0.5) is 5.69 Å². The van der Waals surface area contributed by atoms with Gasteiger partial charge >= 0.3 is 0 Å². The minimum Gasteiger partial charge on any atom is -0.493 e. The first-order valence-electron chi connectivity index (χ1n) is 12.3. The molecule has 2 aliphatic heterocycles. The molecule has 0 atom stereocenters. The zero-order chi connectivity index (χ0) is 24.6. The van der Waals surface area contributed by atoms with Crippen molar-refractivity contribution in [2.24, 2.45) is 0 Å². The van der Waals surface area contributed by atoms with Gasteiger partial charge in [-0.2, -0.15) is 0 Å². The van der Waals surface area contributed by atoms with Crippen molar-refractivity contribution in [3.8, 4) is 5.75 Å². The summed E-state index contributed by atoms with van der Waals surface area (Å²) in [4.78, 5) is 34.2. The number of amides is 2. The molecule has 35 heavy (non-hydrogen) atoms. The monoisotopic (exact) mass is 472 g/mol. The Morgan fingerprint density at radius 3 is 2.63 bits per heavy atom. The average Bonchev–Trinajstić information content (AvgIpc) is 3.12. The first-order valence-corrected chi connectivity index (χ1v) is 12.3. The highest BCUT2D eigenvalue weighted by Gasteiger charge is 2.41. The van der Waals surface area contributed by atoms with Crippen molar-refractivity contribution >= 4 is 28.4 Å². The molecule has 0 unspecified atom stereocenters. The van der Waals surface area contributed by atoms with Crippen LogP contribution < -0.4 is 10.1 Å². The third-order valence-corrected chi connectivity index (χ3v) is 7.16. The molecule has 1 N–H and O–H groups in total. The lowest BCUT2D eigenvalue weighted by Crippen LogP contribution is -2.49. The van der Waals surface area contributed by atoms with Crippen molar-refractivity contribution in [2.45, 2.75) is 32.6 Å². The van der Waals surface area contributed by atoms with Crippen molar-refractivity contribution in [1.82, 2.24) is 14.8 Å².